The van der Waals surface area contributed by atoms with Gasteiger partial charge in [0, 0.05) is 24.8 Å². The lowest BCUT2D eigenvalue weighted by Crippen LogP contribution is -2.55. The van der Waals surface area contributed by atoms with Crippen molar-refractivity contribution in [2.75, 3.05) is 18.6 Å². The van der Waals surface area contributed by atoms with Gasteiger partial charge in [0.1, 0.15) is 29.9 Å². The van der Waals surface area contributed by atoms with Gasteiger partial charge in [-0.25, -0.2) is 9.18 Å². The van der Waals surface area contributed by atoms with E-state index in [1.165, 1.54) is 12.1 Å². The van der Waals surface area contributed by atoms with Crippen LogP contribution in [0.4, 0.5) is 10.1 Å². The summed E-state index contributed by atoms with van der Waals surface area (Å²) in [7, 11) is 0. The van der Waals surface area contributed by atoms with E-state index >= 15 is 0 Å². The Bertz CT molecular complexity index is 1520. The zero-order valence-corrected chi connectivity index (χ0v) is 21.9. The number of rotatable bonds is 7. The second kappa shape index (κ2) is 11.5. The lowest BCUT2D eigenvalue weighted by molar-refractivity contribution is 0.0283. The molecule has 198 valence electrons. The van der Waals surface area contributed by atoms with E-state index in [1.807, 2.05) is 85.5 Å². The van der Waals surface area contributed by atoms with Gasteiger partial charge in [-0.05, 0) is 66.6 Å². The average molecular weight is 524 g/mol. The van der Waals surface area contributed by atoms with Crippen molar-refractivity contribution in [2.45, 2.75) is 32.5 Å². The van der Waals surface area contributed by atoms with Crippen LogP contribution in [0.15, 0.2) is 96.7 Å². The first-order chi connectivity index (χ1) is 18.9. The lowest BCUT2D eigenvalue weighted by Gasteiger charge is -2.45. The molecule has 0 aliphatic carbocycles. The molecule has 4 aromatic carbocycles. The van der Waals surface area contributed by atoms with Crippen LogP contribution in [0.5, 0.6) is 5.75 Å². The SMILES string of the molecule is C[C@@H]1C(=C=O)N(Cc2ccc(F)cc2)[C@@H](C)CN1COc1cc2ccccc2cc1C(=O)Nc1ccccc1. The quantitative estimate of drug-likeness (QED) is 0.307. The van der Waals surface area contributed by atoms with Crippen LogP contribution in [0.25, 0.3) is 10.8 Å². The van der Waals surface area contributed by atoms with Crippen molar-refractivity contribution in [3.8, 4) is 5.75 Å². The van der Waals surface area contributed by atoms with Crippen molar-refractivity contribution >= 4 is 28.3 Å². The third-order valence-corrected chi connectivity index (χ3v) is 7.16. The Balaban J connectivity index is 1.35. The number of amides is 1. The minimum atomic E-state index is -0.293. The number of halogens is 1. The molecule has 4 aromatic rings. The molecule has 1 saturated heterocycles. The molecule has 1 fully saturated rings. The molecule has 0 saturated carbocycles. The van der Waals surface area contributed by atoms with E-state index < -0.39 is 0 Å². The molecule has 5 rings (SSSR count). The Kier molecular flexibility index (Phi) is 7.73. The number of nitrogens with zero attached hydrogens (tertiary/aromatic N) is 2. The van der Waals surface area contributed by atoms with Gasteiger partial charge in [-0.15, -0.1) is 0 Å². The normalized spacial score (nSPS) is 17.6. The van der Waals surface area contributed by atoms with Crippen LogP contribution in [-0.2, 0) is 11.3 Å². The smallest absolute Gasteiger partial charge is 0.259 e. The predicted molar refractivity (Wildman–Crippen MR) is 151 cm³/mol. The molecule has 39 heavy (non-hydrogen) atoms. The maximum Gasteiger partial charge on any atom is 0.259 e. The van der Waals surface area contributed by atoms with Crippen LogP contribution in [-0.4, -0.2) is 47.0 Å². The van der Waals surface area contributed by atoms with Gasteiger partial charge in [0.05, 0.1) is 11.6 Å². The highest BCUT2D eigenvalue weighted by Crippen LogP contribution is 2.30. The van der Waals surface area contributed by atoms with Crippen LogP contribution in [0, 0.1) is 5.82 Å². The van der Waals surface area contributed by atoms with E-state index in [0.717, 1.165) is 16.3 Å². The van der Waals surface area contributed by atoms with Crippen LogP contribution < -0.4 is 10.1 Å². The molecule has 0 aromatic heterocycles. The number of ether oxygens (including phenoxy) is 1. The number of piperazine rings is 1. The van der Waals surface area contributed by atoms with Crippen LogP contribution in [0.1, 0.15) is 29.8 Å². The molecule has 1 aliphatic rings. The van der Waals surface area contributed by atoms with Gasteiger partial charge in [0.2, 0.25) is 0 Å². The molecule has 1 aliphatic heterocycles. The summed E-state index contributed by atoms with van der Waals surface area (Å²) in [5, 5.41) is 4.84. The Hall–Kier alpha value is -4.45. The summed E-state index contributed by atoms with van der Waals surface area (Å²) in [6.07, 6.45) is 0. The van der Waals surface area contributed by atoms with Crippen molar-refractivity contribution in [1.82, 2.24) is 9.80 Å². The monoisotopic (exact) mass is 523 g/mol. The number of carbonyl (C=O) groups is 1. The third-order valence-electron chi connectivity index (χ3n) is 7.16. The van der Waals surface area contributed by atoms with E-state index in [-0.39, 0.29) is 30.5 Å². The molecule has 0 spiro atoms. The number of para-hydroxylation sites is 1. The fourth-order valence-corrected chi connectivity index (χ4v) is 4.97. The largest absolute Gasteiger partial charge is 0.477 e. The van der Waals surface area contributed by atoms with E-state index in [0.29, 0.717) is 35.8 Å². The highest BCUT2D eigenvalue weighted by molar-refractivity contribution is 6.08. The van der Waals surface area contributed by atoms with Gasteiger partial charge in [-0.2, -0.15) is 0 Å². The maximum atomic E-state index is 13.4. The molecule has 1 heterocycles. The van der Waals surface area contributed by atoms with Gasteiger partial charge < -0.3 is 15.0 Å². The number of fused-ring (bicyclic) bond motifs is 1. The standard InChI is InChI=1S/C32H30FN3O3/c1-22-18-35(23(2)30(20-37)36(22)19-24-12-14-27(33)15-13-24)21-39-31-17-26-9-7-6-8-25(26)16-29(31)32(38)34-28-10-4-3-5-11-28/h3-17,22-23H,18-19,21H2,1-2H3,(H,34,38)/t22-,23+/m0/s1. The molecule has 7 heteroatoms. The van der Waals surface area contributed by atoms with E-state index in [4.69, 9.17) is 4.74 Å². The summed E-state index contributed by atoms with van der Waals surface area (Å²) < 4.78 is 19.7. The van der Waals surface area contributed by atoms with Crippen molar-refractivity contribution in [2.24, 2.45) is 0 Å². The Labute approximate surface area is 227 Å². The first-order valence-corrected chi connectivity index (χ1v) is 12.9. The van der Waals surface area contributed by atoms with Crippen molar-refractivity contribution < 1.29 is 18.7 Å². The summed E-state index contributed by atoms with van der Waals surface area (Å²) in [6, 6.07) is 26.9. The van der Waals surface area contributed by atoms with Gasteiger partial charge in [0.15, 0.2) is 0 Å². The highest BCUT2D eigenvalue weighted by Gasteiger charge is 2.34. The zero-order chi connectivity index (χ0) is 27.4. The van der Waals surface area contributed by atoms with Crippen LogP contribution >= 0.6 is 0 Å². The number of nitrogens with one attached hydrogen (secondary N) is 1. The van der Waals surface area contributed by atoms with Gasteiger partial charge in [-0.1, -0.05) is 54.6 Å². The highest BCUT2D eigenvalue weighted by atomic mass is 19.1. The fraction of sp³-hybridized carbons (Fsp3) is 0.219. The zero-order valence-electron chi connectivity index (χ0n) is 21.9. The minimum absolute atomic E-state index is 0.0104. The molecule has 0 radical (unpaired) electrons. The summed E-state index contributed by atoms with van der Waals surface area (Å²) in [4.78, 5) is 29.4. The van der Waals surface area contributed by atoms with Crippen molar-refractivity contribution in [1.29, 1.82) is 0 Å². The molecular weight excluding hydrogens is 493 g/mol. The average Bonchev–Trinajstić information content (AvgIpc) is 2.95. The summed E-state index contributed by atoms with van der Waals surface area (Å²) in [5.41, 5.74) is 2.56. The number of hydrogen-bond donors (Lipinski definition) is 1. The van der Waals surface area contributed by atoms with Crippen molar-refractivity contribution in [3.05, 3.63) is 114 Å². The maximum absolute atomic E-state index is 13.4. The third kappa shape index (κ3) is 5.85. The van der Waals surface area contributed by atoms with E-state index in [2.05, 4.69) is 16.2 Å². The molecule has 0 bridgehead atoms. The van der Waals surface area contributed by atoms with E-state index in [1.54, 1.807) is 12.1 Å². The second-order valence-electron chi connectivity index (χ2n) is 9.83. The molecule has 1 amide bonds. The summed E-state index contributed by atoms with van der Waals surface area (Å²) in [6.45, 7) is 5.28. The summed E-state index contributed by atoms with van der Waals surface area (Å²) in [5.74, 6) is 2.04. The predicted octanol–water partition coefficient (Wildman–Crippen LogP) is 5.88. The fourth-order valence-electron chi connectivity index (χ4n) is 4.97. The molecule has 0 unspecified atom stereocenters. The first kappa shape index (κ1) is 26.2. The molecule has 2 atom stereocenters. The topological polar surface area (TPSA) is 61.9 Å². The number of benzene rings is 4. The van der Waals surface area contributed by atoms with E-state index in [9.17, 15) is 14.0 Å². The number of anilines is 1. The Morgan fingerprint density at radius 3 is 2.33 bits per heavy atom. The van der Waals surface area contributed by atoms with Gasteiger partial charge in [0.25, 0.3) is 5.91 Å². The molecular formula is C32H30FN3O3. The lowest BCUT2D eigenvalue weighted by atomic mass is 10.0. The number of hydrogen-bond acceptors (Lipinski definition) is 5. The van der Waals surface area contributed by atoms with Gasteiger partial charge >= 0.3 is 0 Å². The Morgan fingerprint density at radius 1 is 0.974 bits per heavy atom. The second-order valence-corrected chi connectivity index (χ2v) is 9.83. The molecule has 6 nitrogen and oxygen atoms in total. The molecule has 1 N–H and O–H groups in total. The number of carbonyl (C=O) groups excluding carboxylic acids is 2. The van der Waals surface area contributed by atoms with Gasteiger partial charge in [-0.3, -0.25) is 9.69 Å². The van der Waals surface area contributed by atoms with Crippen LogP contribution in [0.2, 0.25) is 0 Å². The minimum Gasteiger partial charge on any atom is -0.477 e. The summed E-state index contributed by atoms with van der Waals surface area (Å²) >= 11 is 0. The van der Waals surface area contributed by atoms with Crippen LogP contribution in [0.3, 0.4) is 0 Å². The Morgan fingerprint density at radius 2 is 1.64 bits per heavy atom. The van der Waals surface area contributed by atoms with Crippen molar-refractivity contribution in [3.63, 3.8) is 0 Å². The first-order valence-electron chi connectivity index (χ1n) is 12.9.